The van der Waals surface area contributed by atoms with Crippen LogP contribution in [0, 0.1) is 13.8 Å². The fourth-order valence-electron chi connectivity index (χ4n) is 2.87. The maximum atomic E-state index is 12.4. The van der Waals surface area contributed by atoms with Crippen molar-refractivity contribution in [2.24, 2.45) is 0 Å². The smallest absolute Gasteiger partial charge is 0.338 e. The molecule has 0 fully saturated rings. The molecule has 0 aliphatic heterocycles. The number of allylic oxidation sites excluding steroid dienone is 1. The number of hydrogen-bond donors (Lipinski definition) is 1. The number of ether oxygens (including phenoxy) is 3. The average Bonchev–Trinajstić information content (AvgIpc) is 2.68. The van der Waals surface area contributed by atoms with Crippen LogP contribution in [0.2, 0.25) is 0 Å². The first-order chi connectivity index (χ1) is 13.4. The summed E-state index contributed by atoms with van der Waals surface area (Å²) < 4.78 is 15.8. The van der Waals surface area contributed by atoms with Crippen LogP contribution < -0.4 is 14.8 Å². The molecule has 148 valence electrons. The molecule has 2 aromatic carbocycles. The molecule has 1 N–H and O–H groups in total. The minimum Gasteiger partial charge on any atom is -0.493 e. The molecule has 0 atom stereocenters. The highest BCUT2D eigenvalue weighted by Gasteiger charge is 2.18. The van der Waals surface area contributed by atoms with Gasteiger partial charge in [0.25, 0.3) is 5.91 Å². The molecule has 0 radical (unpaired) electrons. The van der Waals surface area contributed by atoms with Crippen LogP contribution in [-0.4, -0.2) is 32.7 Å². The molecule has 0 heterocycles. The lowest BCUT2D eigenvalue weighted by atomic mass is 10.1. The Balaban J connectivity index is 2.11. The first kappa shape index (κ1) is 21.0. The predicted molar refractivity (Wildman–Crippen MR) is 108 cm³/mol. The van der Waals surface area contributed by atoms with Crippen LogP contribution in [0.25, 0.3) is 0 Å². The summed E-state index contributed by atoms with van der Waals surface area (Å²) >= 11 is 0. The molecule has 0 bridgehead atoms. The van der Waals surface area contributed by atoms with Crippen LogP contribution in [0.15, 0.2) is 43.0 Å². The number of para-hydroxylation sites is 1. The molecule has 2 aromatic rings. The molecule has 0 aliphatic rings. The van der Waals surface area contributed by atoms with E-state index in [1.165, 1.54) is 20.3 Å². The van der Waals surface area contributed by atoms with E-state index in [4.69, 9.17) is 14.2 Å². The van der Waals surface area contributed by atoms with E-state index in [1.807, 2.05) is 32.0 Å². The third kappa shape index (κ3) is 4.91. The Labute approximate surface area is 165 Å². The largest absolute Gasteiger partial charge is 0.493 e. The number of aryl methyl sites for hydroxylation is 2. The quantitative estimate of drug-likeness (QED) is 0.554. The maximum absolute atomic E-state index is 12.4. The van der Waals surface area contributed by atoms with Crippen LogP contribution in [0.1, 0.15) is 27.0 Å². The molecule has 0 saturated carbocycles. The molecule has 28 heavy (non-hydrogen) atoms. The Morgan fingerprint density at radius 1 is 1.11 bits per heavy atom. The minimum absolute atomic E-state index is 0.273. The van der Waals surface area contributed by atoms with E-state index in [-0.39, 0.29) is 5.56 Å². The number of benzene rings is 2. The topological polar surface area (TPSA) is 73.9 Å². The summed E-state index contributed by atoms with van der Waals surface area (Å²) in [5.41, 5.74) is 3.61. The standard InChI is InChI=1S/C22H25NO5/c1-6-8-16-11-17(12-18(26-4)21(16)27-5)22(25)28-13-19(24)23-20-14(2)9-7-10-15(20)3/h6-7,9-12H,1,8,13H2,2-5H3,(H,23,24). The third-order valence-corrected chi connectivity index (χ3v) is 4.24. The van der Waals surface area contributed by atoms with Gasteiger partial charge in [-0.05, 0) is 43.5 Å². The van der Waals surface area contributed by atoms with E-state index in [1.54, 1.807) is 12.1 Å². The van der Waals surface area contributed by atoms with Crippen molar-refractivity contribution in [1.29, 1.82) is 0 Å². The van der Waals surface area contributed by atoms with Crippen molar-refractivity contribution in [3.05, 3.63) is 65.2 Å². The Bertz CT molecular complexity index is 868. The molecule has 1 amide bonds. The van der Waals surface area contributed by atoms with Crippen molar-refractivity contribution in [2.75, 3.05) is 26.1 Å². The van der Waals surface area contributed by atoms with Crippen LogP contribution in [0.4, 0.5) is 5.69 Å². The summed E-state index contributed by atoms with van der Waals surface area (Å²) in [5.74, 6) is -0.0824. The molecule has 6 nitrogen and oxygen atoms in total. The molecule has 0 aliphatic carbocycles. The zero-order valence-electron chi connectivity index (χ0n) is 16.6. The lowest BCUT2D eigenvalue weighted by Gasteiger charge is -2.14. The van der Waals surface area contributed by atoms with E-state index in [2.05, 4.69) is 11.9 Å². The summed E-state index contributed by atoms with van der Waals surface area (Å²) in [7, 11) is 3.02. The number of esters is 1. The second-order valence-corrected chi connectivity index (χ2v) is 6.25. The van der Waals surface area contributed by atoms with Gasteiger partial charge in [0.2, 0.25) is 0 Å². The Kier molecular flexibility index (Phi) is 7.21. The van der Waals surface area contributed by atoms with E-state index in [0.717, 1.165) is 22.4 Å². The lowest BCUT2D eigenvalue weighted by Crippen LogP contribution is -2.22. The van der Waals surface area contributed by atoms with Crippen LogP contribution in [0.3, 0.4) is 0 Å². The first-order valence-corrected chi connectivity index (χ1v) is 8.80. The lowest BCUT2D eigenvalue weighted by molar-refractivity contribution is -0.119. The van der Waals surface area contributed by atoms with Gasteiger partial charge in [0.15, 0.2) is 18.1 Å². The SMILES string of the molecule is C=CCc1cc(C(=O)OCC(=O)Nc2c(C)cccc2C)cc(OC)c1OC. The van der Waals surface area contributed by atoms with Gasteiger partial charge >= 0.3 is 5.97 Å². The highest BCUT2D eigenvalue weighted by molar-refractivity contribution is 5.96. The van der Waals surface area contributed by atoms with Crippen molar-refractivity contribution in [2.45, 2.75) is 20.3 Å². The zero-order chi connectivity index (χ0) is 20.7. The van der Waals surface area contributed by atoms with Gasteiger partial charge < -0.3 is 19.5 Å². The third-order valence-electron chi connectivity index (χ3n) is 4.24. The van der Waals surface area contributed by atoms with Gasteiger partial charge in [-0.3, -0.25) is 4.79 Å². The van der Waals surface area contributed by atoms with Gasteiger partial charge in [-0.2, -0.15) is 0 Å². The predicted octanol–water partition coefficient (Wildman–Crippen LogP) is 3.84. The normalized spacial score (nSPS) is 10.1. The number of anilines is 1. The van der Waals surface area contributed by atoms with Crippen molar-refractivity contribution in [3.8, 4) is 11.5 Å². The van der Waals surface area contributed by atoms with Gasteiger partial charge in [0.1, 0.15) is 0 Å². The molecule has 0 unspecified atom stereocenters. The Morgan fingerprint density at radius 3 is 2.36 bits per heavy atom. The number of amides is 1. The van der Waals surface area contributed by atoms with Gasteiger partial charge in [-0.1, -0.05) is 24.3 Å². The summed E-state index contributed by atoms with van der Waals surface area (Å²) in [6, 6.07) is 8.89. The highest BCUT2D eigenvalue weighted by Crippen LogP contribution is 2.33. The van der Waals surface area contributed by atoms with Gasteiger partial charge in [0.05, 0.1) is 19.8 Å². The highest BCUT2D eigenvalue weighted by atomic mass is 16.5. The van der Waals surface area contributed by atoms with Crippen LogP contribution in [-0.2, 0) is 16.0 Å². The average molecular weight is 383 g/mol. The monoisotopic (exact) mass is 383 g/mol. The molecule has 0 saturated heterocycles. The van der Waals surface area contributed by atoms with Crippen molar-refractivity contribution in [3.63, 3.8) is 0 Å². The van der Waals surface area contributed by atoms with Crippen molar-refractivity contribution >= 4 is 17.6 Å². The summed E-state index contributed by atoms with van der Waals surface area (Å²) in [6.45, 7) is 7.12. The number of methoxy groups -OCH3 is 2. The summed E-state index contributed by atoms with van der Waals surface area (Å²) in [6.07, 6.45) is 2.19. The van der Waals surface area contributed by atoms with E-state index in [0.29, 0.717) is 17.9 Å². The minimum atomic E-state index is -0.622. The summed E-state index contributed by atoms with van der Waals surface area (Å²) in [4.78, 5) is 24.6. The fourth-order valence-corrected chi connectivity index (χ4v) is 2.87. The molecular formula is C22H25NO5. The number of carbonyl (C=O) groups is 2. The van der Waals surface area contributed by atoms with E-state index < -0.39 is 18.5 Å². The van der Waals surface area contributed by atoms with Crippen LogP contribution >= 0.6 is 0 Å². The molecule has 0 spiro atoms. The van der Waals surface area contributed by atoms with Crippen LogP contribution in [0.5, 0.6) is 11.5 Å². The zero-order valence-corrected chi connectivity index (χ0v) is 16.6. The first-order valence-electron chi connectivity index (χ1n) is 8.80. The number of carbonyl (C=O) groups excluding carboxylic acids is 2. The molecule has 6 heteroatoms. The van der Waals surface area contributed by atoms with E-state index >= 15 is 0 Å². The van der Waals surface area contributed by atoms with Gasteiger partial charge in [-0.25, -0.2) is 4.79 Å². The van der Waals surface area contributed by atoms with E-state index in [9.17, 15) is 9.59 Å². The fraction of sp³-hybridized carbons (Fsp3) is 0.273. The molecule has 2 rings (SSSR count). The van der Waals surface area contributed by atoms with Crippen molar-refractivity contribution < 1.29 is 23.8 Å². The second kappa shape index (κ2) is 9.60. The Morgan fingerprint density at radius 2 is 1.79 bits per heavy atom. The number of hydrogen-bond acceptors (Lipinski definition) is 5. The second-order valence-electron chi connectivity index (χ2n) is 6.25. The number of rotatable bonds is 8. The summed E-state index contributed by atoms with van der Waals surface area (Å²) in [5, 5.41) is 2.78. The van der Waals surface area contributed by atoms with Gasteiger partial charge in [-0.15, -0.1) is 6.58 Å². The molecular weight excluding hydrogens is 358 g/mol. The number of nitrogens with one attached hydrogen (secondary N) is 1. The molecule has 0 aromatic heterocycles. The Hall–Kier alpha value is -3.28. The van der Waals surface area contributed by atoms with Gasteiger partial charge in [0, 0.05) is 11.3 Å². The van der Waals surface area contributed by atoms with Crippen molar-refractivity contribution in [1.82, 2.24) is 0 Å². The maximum Gasteiger partial charge on any atom is 0.338 e.